The summed E-state index contributed by atoms with van der Waals surface area (Å²) in [5.74, 6) is 1.92. The molecule has 0 radical (unpaired) electrons. The molecule has 0 spiro atoms. The van der Waals surface area contributed by atoms with E-state index in [0.29, 0.717) is 17.7 Å². The van der Waals surface area contributed by atoms with E-state index in [9.17, 15) is 4.79 Å². The number of ketones is 1. The molecule has 0 aromatic heterocycles. The van der Waals surface area contributed by atoms with E-state index in [2.05, 4.69) is 39.5 Å². The predicted octanol–water partition coefficient (Wildman–Crippen LogP) is 2.72. The fourth-order valence-corrected chi connectivity index (χ4v) is 3.19. The quantitative estimate of drug-likeness (QED) is 0.717. The lowest BCUT2D eigenvalue weighted by molar-refractivity contribution is -0.133. The van der Waals surface area contributed by atoms with Crippen molar-refractivity contribution >= 4 is 5.78 Å². The smallest absolute Gasteiger partial charge is 0.155 e. The number of carbonyl (C=O) groups is 1. The first kappa shape index (κ1) is 12.1. The molecular formula is C14H25NO. The van der Waals surface area contributed by atoms with E-state index in [-0.39, 0.29) is 11.5 Å². The number of Topliss-reactive ketones (excluding diaryl/α,β-unsaturated/α-hetero) is 1. The van der Waals surface area contributed by atoms with Crippen LogP contribution in [0.5, 0.6) is 0 Å². The zero-order valence-electron chi connectivity index (χ0n) is 11.3. The monoisotopic (exact) mass is 223 g/mol. The van der Waals surface area contributed by atoms with Gasteiger partial charge in [-0.2, -0.15) is 0 Å². The van der Waals surface area contributed by atoms with Crippen LogP contribution in [0.15, 0.2) is 0 Å². The van der Waals surface area contributed by atoms with E-state index >= 15 is 0 Å². The highest BCUT2D eigenvalue weighted by atomic mass is 16.1. The SMILES string of the molecule is CC(C)N1C[C@@H]2CC[C@@H]2[C@H]1C(=O)C(C)(C)C. The van der Waals surface area contributed by atoms with Gasteiger partial charge in [0.2, 0.25) is 0 Å². The maximum absolute atomic E-state index is 12.5. The summed E-state index contributed by atoms with van der Waals surface area (Å²) in [5, 5.41) is 0. The molecule has 0 amide bonds. The van der Waals surface area contributed by atoms with Crippen molar-refractivity contribution in [3.05, 3.63) is 0 Å². The molecule has 2 nitrogen and oxygen atoms in total. The molecule has 1 saturated carbocycles. The van der Waals surface area contributed by atoms with Gasteiger partial charge in [-0.25, -0.2) is 0 Å². The molecule has 0 N–H and O–H groups in total. The summed E-state index contributed by atoms with van der Waals surface area (Å²) in [6, 6.07) is 0.709. The number of hydrogen-bond donors (Lipinski definition) is 0. The lowest BCUT2D eigenvalue weighted by Gasteiger charge is -2.37. The Hall–Kier alpha value is -0.370. The first-order valence-electron chi connectivity index (χ1n) is 6.62. The van der Waals surface area contributed by atoms with Crippen molar-refractivity contribution < 1.29 is 4.79 Å². The zero-order valence-corrected chi connectivity index (χ0v) is 11.3. The van der Waals surface area contributed by atoms with Crippen LogP contribution in [-0.2, 0) is 4.79 Å². The van der Waals surface area contributed by atoms with Gasteiger partial charge in [0.1, 0.15) is 0 Å². The first-order valence-corrected chi connectivity index (χ1v) is 6.62. The maximum atomic E-state index is 12.5. The predicted molar refractivity (Wildman–Crippen MR) is 66.3 cm³/mol. The second-order valence-electron chi connectivity index (χ2n) is 6.85. The minimum absolute atomic E-state index is 0.192. The normalized spacial score (nSPS) is 35.0. The summed E-state index contributed by atoms with van der Waals surface area (Å²) in [5.41, 5.74) is -0.192. The topological polar surface area (TPSA) is 20.3 Å². The van der Waals surface area contributed by atoms with Crippen molar-refractivity contribution in [1.82, 2.24) is 4.90 Å². The van der Waals surface area contributed by atoms with E-state index in [1.165, 1.54) is 12.8 Å². The van der Waals surface area contributed by atoms with E-state index in [1.807, 2.05) is 0 Å². The van der Waals surface area contributed by atoms with E-state index in [4.69, 9.17) is 0 Å². The summed E-state index contributed by atoms with van der Waals surface area (Å²) < 4.78 is 0. The van der Waals surface area contributed by atoms with E-state index in [1.54, 1.807) is 0 Å². The molecular weight excluding hydrogens is 198 g/mol. The molecule has 1 aliphatic carbocycles. The second-order valence-corrected chi connectivity index (χ2v) is 6.85. The van der Waals surface area contributed by atoms with Gasteiger partial charge in [-0.05, 0) is 38.5 Å². The van der Waals surface area contributed by atoms with Gasteiger partial charge < -0.3 is 0 Å². The Bertz CT molecular complexity index is 290. The summed E-state index contributed by atoms with van der Waals surface area (Å²) in [7, 11) is 0. The first-order chi connectivity index (χ1) is 7.32. The van der Waals surface area contributed by atoms with Crippen LogP contribution in [0.1, 0.15) is 47.5 Å². The summed E-state index contributed by atoms with van der Waals surface area (Å²) in [4.78, 5) is 15.0. The highest BCUT2D eigenvalue weighted by Gasteiger charge is 2.52. The van der Waals surface area contributed by atoms with Crippen LogP contribution < -0.4 is 0 Å². The van der Waals surface area contributed by atoms with E-state index < -0.39 is 0 Å². The molecule has 2 rings (SSSR count). The fraction of sp³-hybridized carbons (Fsp3) is 0.929. The highest BCUT2D eigenvalue weighted by Crippen LogP contribution is 2.47. The standard InChI is InChI=1S/C14H25NO/c1-9(2)15-8-10-6-7-11(10)12(15)13(16)14(3,4)5/h9-12H,6-8H2,1-5H3/t10-,11-,12-/m0/s1. The van der Waals surface area contributed by atoms with Gasteiger partial charge in [0.05, 0.1) is 6.04 Å². The fourth-order valence-electron chi connectivity index (χ4n) is 3.19. The minimum atomic E-state index is -0.192. The Morgan fingerprint density at radius 2 is 1.88 bits per heavy atom. The van der Waals surface area contributed by atoms with Crippen LogP contribution in [0.4, 0.5) is 0 Å². The molecule has 0 bridgehead atoms. The maximum Gasteiger partial charge on any atom is 0.155 e. The van der Waals surface area contributed by atoms with Gasteiger partial charge in [0.25, 0.3) is 0 Å². The van der Waals surface area contributed by atoms with Crippen LogP contribution in [0, 0.1) is 17.3 Å². The summed E-state index contributed by atoms with van der Waals surface area (Å²) >= 11 is 0. The molecule has 0 unspecified atom stereocenters. The van der Waals surface area contributed by atoms with Gasteiger partial charge >= 0.3 is 0 Å². The van der Waals surface area contributed by atoms with Crippen LogP contribution in [0.25, 0.3) is 0 Å². The summed E-state index contributed by atoms with van der Waals surface area (Å²) in [6.45, 7) is 11.7. The van der Waals surface area contributed by atoms with Crippen molar-refractivity contribution in [3.63, 3.8) is 0 Å². The average molecular weight is 223 g/mol. The largest absolute Gasteiger partial charge is 0.297 e. The number of carbonyl (C=O) groups excluding carboxylic acids is 1. The van der Waals surface area contributed by atoms with Gasteiger partial charge in [-0.1, -0.05) is 20.8 Å². The molecule has 0 aromatic rings. The molecule has 1 heterocycles. The molecule has 1 saturated heterocycles. The molecule has 92 valence electrons. The number of hydrogen-bond acceptors (Lipinski definition) is 2. The van der Waals surface area contributed by atoms with Crippen molar-refractivity contribution in [2.75, 3.05) is 6.54 Å². The third-order valence-electron chi connectivity index (χ3n) is 4.36. The average Bonchev–Trinajstić information content (AvgIpc) is 2.35. The van der Waals surface area contributed by atoms with Crippen molar-refractivity contribution in [2.24, 2.45) is 17.3 Å². The minimum Gasteiger partial charge on any atom is -0.297 e. The number of likely N-dealkylation sites (tertiary alicyclic amines) is 1. The van der Waals surface area contributed by atoms with Crippen LogP contribution in [0.3, 0.4) is 0 Å². The van der Waals surface area contributed by atoms with Gasteiger partial charge in [-0.15, -0.1) is 0 Å². The Morgan fingerprint density at radius 1 is 1.25 bits per heavy atom. The Labute approximate surface area is 99.4 Å². The summed E-state index contributed by atoms with van der Waals surface area (Å²) in [6.07, 6.45) is 2.60. The Morgan fingerprint density at radius 3 is 2.25 bits per heavy atom. The second kappa shape index (κ2) is 3.83. The molecule has 2 heteroatoms. The van der Waals surface area contributed by atoms with Gasteiger partial charge in [0, 0.05) is 18.0 Å². The number of rotatable bonds is 2. The van der Waals surface area contributed by atoms with Crippen molar-refractivity contribution in [2.45, 2.75) is 59.5 Å². The highest BCUT2D eigenvalue weighted by molar-refractivity contribution is 5.89. The van der Waals surface area contributed by atoms with Crippen LogP contribution >= 0.6 is 0 Å². The van der Waals surface area contributed by atoms with Gasteiger partial charge in [-0.3, -0.25) is 9.69 Å². The molecule has 0 aromatic carbocycles. The lowest BCUT2D eigenvalue weighted by atomic mass is 9.69. The number of fused-ring (bicyclic) bond motifs is 1. The van der Waals surface area contributed by atoms with Crippen molar-refractivity contribution in [1.29, 1.82) is 0 Å². The molecule has 1 aliphatic heterocycles. The number of nitrogens with zero attached hydrogens (tertiary/aromatic N) is 1. The molecule has 16 heavy (non-hydrogen) atoms. The molecule has 2 aliphatic rings. The lowest BCUT2D eigenvalue weighted by Crippen LogP contribution is -2.48. The third-order valence-corrected chi connectivity index (χ3v) is 4.36. The van der Waals surface area contributed by atoms with Crippen LogP contribution in [-0.4, -0.2) is 29.3 Å². The van der Waals surface area contributed by atoms with Gasteiger partial charge in [0.15, 0.2) is 5.78 Å². The van der Waals surface area contributed by atoms with Crippen LogP contribution in [0.2, 0.25) is 0 Å². The zero-order chi connectivity index (χ0) is 12.1. The van der Waals surface area contributed by atoms with Crippen molar-refractivity contribution in [3.8, 4) is 0 Å². The molecule has 3 atom stereocenters. The third kappa shape index (κ3) is 1.81. The Kier molecular flexibility index (Phi) is 2.90. The van der Waals surface area contributed by atoms with E-state index in [0.717, 1.165) is 12.5 Å². The molecule has 2 fully saturated rings. The Balaban J connectivity index is 2.20.